The normalized spacial score (nSPS) is 11.0. The highest BCUT2D eigenvalue weighted by atomic mass is 32.2. The van der Waals surface area contributed by atoms with Crippen molar-refractivity contribution in [2.24, 2.45) is 0 Å². The minimum absolute atomic E-state index is 0.230. The fraction of sp³-hybridized carbons (Fsp3) is 0.250. The summed E-state index contributed by atoms with van der Waals surface area (Å²) in [6.07, 6.45) is 3.45. The van der Waals surface area contributed by atoms with Crippen molar-refractivity contribution in [1.82, 2.24) is 10.3 Å². The van der Waals surface area contributed by atoms with Gasteiger partial charge in [-0.15, -0.1) is 11.8 Å². The predicted molar refractivity (Wildman–Crippen MR) is 128 cm³/mol. The Morgan fingerprint density at radius 2 is 1.85 bits per heavy atom. The first-order chi connectivity index (χ1) is 16.2. The third-order valence-electron chi connectivity index (χ3n) is 4.91. The first-order valence-electron chi connectivity index (χ1n) is 10.3. The number of carbonyl (C=O) groups excluding carboxylic acids is 2. The molecule has 0 saturated carbocycles. The van der Waals surface area contributed by atoms with Crippen LogP contribution in [-0.2, 0) is 9.59 Å². The maximum atomic E-state index is 12.5. The van der Waals surface area contributed by atoms with E-state index in [0.717, 1.165) is 4.90 Å². The van der Waals surface area contributed by atoms with Gasteiger partial charge in [-0.25, -0.2) is 9.78 Å². The summed E-state index contributed by atoms with van der Waals surface area (Å²) in [5, 5.41) is 14.3. The molecule has 0 bridgehead atoms. The van der Waals surface area contributed by atoms with Gasteiger partial charge in [0.1, 0.15) is 5.75 Å². The third-order valence-corrected chi connectivity index (χ3v) is 5.93. The summed E-state index contributed by atoms with van der Waals surface area (Å²) in [5.74, 6) is -0.864. The second-order valence-corrected chi connectivity index (χ2v) is 9.17. The summed E-state index contributed by atoms with van der Waals surface area (Å²) in [5.41, 5.74) is 0.668. The highest BCUT2D eigenvalue weighted by molar-refractivity contribution is 7.99. The minimum atomic E-state index is -0.970. The molecule has 1 aromatic heterocycles. The first-order valence-corrected chi connectivity index (χ1v) is 11.3. The Balaban J connectivity index is 1.52. The molecule has 0 aliphatic carbocycles. The second-order valence-electron chi connectivity index (χ2n) is 8.00. The Labute approximate surface area is 200 Å². The van der Waals surface area contributed by atoms with E-state index in [1.165, 1.54) is 25.3 Å². The number of oxazole rings is 1. The van der Waals surface area contributed by atoms with Crippen LogP contribution in [0, 0.1) is 0 Å². The lowest BCUT2D eigenvalue weighted by Crippen LogP contribution is -2.48. The molecule has 0 saturated heterocycles. The monoisotopic (exact) mass is 483 g/mol. The maximum absolute atomic E-state index is 12.5. The molecule has 3 rings (SSSR count). The molecule has 0 spiro atoms. The number of methoxy groups -OCH3 is 1. The molecule has 10 heteroatoms. The van der Waals surface area contributed by atoms with Gasteiger partial charge in [0.2, 0.25) is 0 Å². The standard InChI is InChI=1S/C24H25N3O6S/c1-24(2,10-11-34-17-7-4-15(5-8-17)23(30)31)27-22(29)21(28)26-16-6-9-18(19(12-16)32-3)20-13-25-14-33-20/h4-9,12-14H,10-11H2,1-3H3,(H,26,28)(H,27,29)(H,30,31). The van der Waals surface area contributed by atoms with Gasteiger partial charge in [0, 0.05) is 27.9 Å². The second kappa shape index (κ2) is 10.9. The number of carbonyl (C=O) groups is 3. The largest absolute Gasteiger partial charge is 0.496 e. The van der Waals surface area contributed by atoms with Crippen molar-refractivity contribution < 1.29 is 28.6 Å². The SMILES string of the molecule is COc1cc(NC(=O)C(=O)NC(C)(C)CCSc2ccc(C(=O)O)cc2)ccc1-c1cnco1. The van der Waals surface area contributed by atoms with Crippen molar-refractivity contribution in [2.75, 3.05) is 18.2 Å². The summed E-state index contributed by atoms with van der Waals surface area (Å²) in [6, 6.07) is 11.5. The summed E-state index contributed by atoms with van der Waals surface area (Å²) < 4.78 is 10.6. The van der Waals surface area contributed by atoms with Crippen molar-refractivity contribution in [1.29, 1.82) is 0 Å². The average molecular weight is 484 g/mol. The van der Waals surface area contributed by atoms with Crippen molar-refractivity contribution in [2.45, 2.75) is 30.7 Å². The lowest BCUT2D eigenvalue weighted by atomic mass is 10.0. The van der Waals surface area contributed by atoms with Crippen LogP contribution in [0.5, 0.6) is 5.75 Å². The average Bonchev–Trinajstić information content (AvgIpc) is 3.33. The summed E-state index contributed by atoms with van der Waals surface area (Å²) in [6.45, 7) is 3.67. The molecule has 1 heterocycles. The summed E-state index contributed by atoms with van der Waals surface area (Å²) in [4.78, 5) is 40.6. The molecule has 0 atom stereocenters. The predicted octanol–water partition coefficient (Wildman–Crippen LogP) is 4.06. The Hall–Kier alpha value is -3.79. The molecule has 0 aliphatic heterocycles. The van der Waals surface area contributed by atoms with E-state index in [-0.39, 0.29) is 5.56 Å². The number of benzene rings is 2. The van der Waals surface area contributed by atoms with Crippen LogP contribution in [0.3, 0.4) is 0 Å². The molecule has 3 N–H and O–H groups in total. The van der Waals surface area contributed by atoms with Gasteiger partial charge >= 0.3 is 17.8 Å². The Bertz CT molecular complexity index is 1160. The van der Waals surface area contributed by atoms with Crippen molar-refractivity contribution >= 4 is 35.2 Å². The summed E-state index contributed by atoms with van der Waals surface area (Å²) in [7, 11) is 1.49. The number of carboxylic acids is 1. The zero-order chi connectivity index (χ0) is 24.7. The number of ether oxygens (including phenoxy) is 1. The van der Waals surface area contributed by atoms with E-state index in [9.17, 15) is 14.4 Å². The quantitative estimate of drug-likeness (QED) is 0.307. The van der Waals surface area contributed by atoms with Gasteiger partial charge in [0.15, 0.2) is 12.2 Å². The van der Waals surface area contributed by atoms with Gasteiger partial charge in [-0.1, -0.05) is 0 Å². The van der Waals surface area contributed by atoms with E-state index in [0.29, 0.717) is 34.9 Å². The number of amides is 2. The van der Waals surface area contributed by atoms with Crippen molar-refractivity contribution in [3.05, 3.63) is 60.6 Å². The third kappa shape index (κ3) is 6.61. The minimum Gasteiger partial charge on any atom is -0.496 e. The van der Waals surface area contributed by atoms with Crippen LogP contribution < -0.4 is 15.4 Å². The van der Waals surface area contributed by atoms with Crippen LogP contribution in [0.15, 0.2) is 64.4 Å². The van der Waals surface area contributed by atoms with E-state index >= 15 is 0 Å². The molecule has 9 nitrogen and oxygen atoms in total. The van der Waals surface area contributed by atoms with Crippen LogP contribution in [0.1, 0.15) is 30.6 Å². The molecule has 0 fully saturated rings. The number of aromatic nitrogens is 1. The van der Waals surface area contributed by atoms with Crippen LogP contribution in [-0.4, -0.2) is 46.3 Å². The topological polar surface area (TPSA) is 131 Å². The number of hydrogen-bond acceptors (Lipinski definition) is 7. The molecule has 178 valence electrons. The summed E-state index contributed by atoms with van der Waals surface area (Å²) >= 11 is 1.54. The number of carboxylic acid groups (broad SMARTS) is 1. The van der Waals surface area contributed by atoms with Gasteiger partial charge in [-0.05, 0) is 56.7 Å². The lowest BCUT2D eigenvalue weighted by Gasteiger charge is -2.25. The highest BCUT2D eigenvalue weighted by Gasteiger charge is 2.24. The van der Waals surface area contributed by atoms with E-state index in [1.54, 1.807) is 48.7 Å². The van der Waals surface area contributed by atoms with Crippen LogP contribution in [0.4, 0.5) is 5.69 Å². The number of rotatable bonds is 9. The molecular weight excluding hydrogens is 458 g/mol. The lowest BCUT2D eigenvalue weighted by molar-refractivity contribution is -0.137. The van der Waals surface area contributed by atoms with Crippen molar-refractivity contribution in [3.8, 4) is 17.1 Å². The number of nitrogens with one attached hydrogen (secondary N) is 2. The van der Waals surface area contributed by atoms with Gasteiger partial charge in [0.25, 0.3) is 0 Å². The van der Waals surface area contributed by atoms with E-state index in [4.69, 9.17) is 14.3 Å². The molecule has 2 aromatic carbocycles. The smallest absolute Gasteiger partial charge is 0.335 e. The number of hydrogen-bond donors (Lipinski definition) is 3. The fourth-order valence-corrected chi connectivity index (χ4v) is 4.23. The number of nitrogens with zero attached hydrogens (tertiary/aromatic N) is 1. The number of aromatic carboxylic acids is 1. The highest BCUT2D eigenvalue weighted by Crippen LogP contribution is 2.32. The zero-order valence-electron chi connectivity index (χ0n) is 19.0. The molecule has 0 radical (unpaired) electrons. The van der Waals surface area contributed by atoms with Crippen LogP contribution >= 0.6 is 11.8 Å². The fourth-order valence-electron chi connectivity index (χ4n) is 3.05. The molecule has 2 amide bonds. The Morgan fingerprint density at radius 1 is 1.12 bits per heavy atom. The molecule has 3 aromatic rings. The molecule has 34 heavy (non-hydrogen) atoms. The molecule has 0 unspecified atom stereocenters. The van der Waals surface area contributed by atoms with E-state index in [1.807, 2.05) is 13.8 Å². The first kappa shape index (κ1) is 24.8. The Morgan fingerprint density at radius 3 is 2.47 bits per heavy atom. The number of anilines is 1. The van der Waals surface area contributed by atoms with E-state index in [2.05, 4.69) is 15.6 Å². The molecule has 0 aliphatic rings. The van der Waals surface area contributed by atoms with Gasteiger partial charge in [-0.3, -0.25) is 9.59 Å². The van der Waals surface area contributed by atoms with E-state index < -0.39 is 23.3 Å². The van der Waals surface area contributed by atoms with Gasteiger partial charge < -0.3 is 24.9 Å². The van der Waals surface area contributed by atoms with Gasteiger partial charge in [-0.2, -0.15) is 0 Å². The van der Waals surface area contributed by atoms with Crippen LogP contribution in [0.25, 0.3) is 11.3 Å². The van der Waals surface area contributed by atoms with Crippen LogP contribution in [0.2, 0.25) is 0 Å². The Kier molecular flexibility index (Phi) is 7.95. The van der Waals surface area contributed by atoms with Crippen molar-refractivity contribution in [3.63, 3.8) is 0 Å². The zero-order valence-corrected chi connectivity index (χ0v) is 19.8. The molecular formula is C24H25N3O6S. The number of thioether (sulfide) groups is 1. The maximum Gasteiger partial charge on any atom is 0.335 e. The van der Waals surface area contributed by atoms with Gasteiger partial charge in [0.05, 0.1) is 24.4 Å².